The maximum absolute atomic E-state index is 13.7. The van der Waals surface area contributed by atoms with E-state index >= 15 is 0 Å². The lowest BCUT2D eigenvalue weighted by Gasteiger charge is -2.46. The van der Waals surface area contributed by atoms with Crippen molar-refractivity contribution in [1.82, 2.24) is 0 Å². The maximum atomic E-state index is 13.7. The largest absolute Gasteiger partial charge is 0.455 e. The van der Waals surface area contributed by atoms with Crippen LogP contribution in [-0.4, -0.2) is 17.6 Å². The summed E-state index contributed by atoms with van der Waals surface area (Å²) in [6, 6.07) is 11.3. The van der Waals surface area contributed by atoms with Crippen molar-refractivity contribution in [2.75, 3.05) is 4.90 Å². The molecule has 3 aliphatic rings. The summed E-state index contributed by atoms with van der Waals surface area (Å²) in [5, 5.41) is 0. The Bertz CT molecular complexity index is 1150. The molecular weight excluding hydrogens is 467 g/mol. The normalized spacial score (nSPS) is 20.7. The van der Waals surface area contributed by atoms with Crippen molar-refractivity contribution in [3.05, 3.63) is 53.6 Å². The maximum Gasteiger partial charge on any atom is 0.416 e. The van der Waals surface area contributed by atoms with E-state index in [1.54, 1.807) is 4.90 Å². The zero-order valence-electron chi connectivity index (χ0n) is 20.2. The first-order chi connectivity index (χ1) is 17.2. The van der Waals surface area contributed by atoms with Crippen molar-refractivity contribution in [1.29, 1.82) is 0 Å². The Balaban J connectivity index is 1.52. The van der Waals surface area contributed by atoms with E-state index in [-0.39, 0.29) is 23.4 Å². The Hall–Kier alpha value is -3.23. The quantitative estimate of drug-likeness (QED) is 0.493. The van der Waals surface area contributed by atoms with Gasteiger partial charge in [0, 0.05) is 0 Å². The Morgan fingerprint density at radius 2 is 1.56 bits per heavy atom. The molecule has 5 rings (SSSR count). The molecule has 0 aromatic heterocycles. The number of hydrogen-bond acceptors (Lipinski definition) is 6. The first-order valence-electron chi connectivity index (χ1n) is 12.7. The van der Waals surface area contributed by atoms with Crippen molar-refractivity contribution in [3.8, 4) is 11.5 Å². The van der Waals surface area contributed by atoms with Crippen LogP contribution in [0.5, 0.6) is 11.5 Å². The summed E-state index contributed by atoms with van der Waals surface area (Å²) in [6.45, 7) is 0. The minimum absolute atomic E-state index is 0.0150. The van der Waals surface area contributed by atoms with E-state index in [9.17, 15) is 13.2 Å². The molecule has 2 aliphatic carbocycles. The van der Waals surface area contributed by atoms with Crippen LogP contribution in [0.1, 0.15) is 81.3 Å². The first-order valence-corrected chi connectivity index (χ1v) is 12.7. The van der Waals surface area contributed by atoms with Crippen LogP contribution in [-0.2, 0) is 6.18 Å². The highest BCUT2D eigenvalue weighted by Crippen LogP contribution is 2.46. The van der Waals surface area contributed by atoms with Gasteiger partial charge < -0.3 is 16.2 Å². The summed E-state index contributed by atoms with van der Waals surface area (Å²) in [5.41, 5.74) is 12.0. The molecule has 4 N–H and O–H groups in total. The molecular formula is C27H32F3N5O. The highest BCUT2D eigenvalue weighted by Gasteiger charge is 2.44. The third kappa shape index (κ3) is 4.88. The number of anilines is 1. The molecule has 2 aromatic carbocycles. The van der Waals surface area contributed by atoms with Crippen molar-refractivity contribution >= 4 is 17.6 Å². The second kappa shape index (κ2) is 9.67. The summed E-state index contributed by atoms with van der Waals surface area (Å²) >= 11 is 0. The molecule has 2 fully saturated rings. The highest BCUT2D eigenvalue weighted by molar-refractivity contribution is 6.06. The van der Waals surface area contributed by atoms with Crippen LogP contribution in [0.4, 0.5) is 18.9 Å². The number of benzene rings is 2. The predicted octanol–water partition coefficient (Wildman–Crippen LogP) is 6.66. The Morgan fingerprint density at radius 1 is 0.889 bits per heavy atom. The monoisotopic (exact) mass is 499 g/mol. The van der Waals surface area contributed by atoms with Crippen LogP contribution < -0.4 is 21.1 Å². The average molecular weight is 500 g/mol. The third-order valence-electron chi connectivity index (χ3n) is 7.56. The van der Waals surface area contributed by atoms with Gasteiger partial charge in [0.25, 0.3) is 0 Å². The Labute approximate surface area is 209 Å². The van der Waals surface area contributed by atoms with Gasteiger partial charge in [-0.2, -0.15) is 18.2 Å². The zero-order chi connectivity index (χ0) is 25.3. The molecule has 1 spiro atoms. The van der Waals surface area contributed by atoms with Crippen LogP contribution in [0.2, 0.25) is 0 Å². The second-order valence-corrected chi connectivity index (χ2v) is 10.0. The van der Waals surface area contributed by atoms with E-state index in [2.05, 4.69) is 22.1 Å². The molecule has 36 heavy (non-hydrogen) atoms. The van der Waals surface area contributed by atoms with Crippen molar-refractivity contribution < 1.29 is 17.9 Å². The van der Waals surface area contributed by atoms with Gasteiger partial charge in [0.15, 0.2) is 5.75 Å². The van der Waals surface area contributed by atoms with Gasteiger partial charge in [-0.15, -0.1) is 0 Å². The molecule has 0 bridgehead atoms. The summed E-state index contributed by atoms with van der Waals surface area (Å²) < 4.78 is 47.4. The Kier molecular flexibility index (Phi) is 6.57. The fraction of sp³-hybridized carbons (Fsp3) is 0.481. The van der Waals surface area contributed by atoms with E-state index in [1.165, 1.54) is 43.7 Å². The van der Waals surface area contributed by atoms with E-state index in [4.69, 9.17) is 16.2 Å². The third-order valence-corrected chi connectivity index (χ3v) is 7.56. The van der Waals surface area contributed by atoms with Crippen molar-refractivity contribution in [2.45, 2.75) is 82.0 Å². The van der Waals surface area contributed by atoms with E-state index < -0.39 is 17.4 Å². The fourth-order valence-corrected chi connectivity index (χ4v) is 5.80. The van der Waals surface area contributed by atoms with Gasteiger partial charge in [-0.3, -0.25) is 4.90 Å². The predicted molar refractivity (Wildman–Crippen MR) is 135 cm³/mol. The number of nitrogens with two attached hydrogens (primary N) is 2. The molecule has 0 radical (unpaired) electrons. The van der Waals surface area contributed by atoms with Gasteiger partial charge in [0.2, 0.25) is 11.9 Å². The van der Waals surface area contributed by atoms with Gasteiger partial charge in [0.05, 0.1) is 11.3 Å². The van der Waals surface area contributed by atoms with Crippen LogP contribution in [0.15, 0.2) is 52.4 Å². The summed E-state index contributed by atoms with van der Waals surface area (Å²) in [5.74, 6) is 1.41. The first kappa shape index (κ1) is 24.5. The molecule has 0 saturated heterocycles. The number of alkyl halides is 3. The van der Waals surface area contributed by atoms with Gasteiger partial charge in [0.1, 0.15) is 11.4 Å². The molecule has 9 heteroatoms. The van der Waals surface area contributed by atoms with Crippen molar-refractivity contribution in [2.24, 2.45) is 21.5 Å². The number of rotatable bonds is 4. The van der Waals surface area contributed by atoms with Crippen LogP contribution in [0, 0.1) is 0 Å². The summed E-state index contributed by atoms with van der Waals surface area (Å²) in [7, 11) is 0. The van der Waals surface area contributed by atoms with E-state index in [0.29, 0.717) is 24.5 Å². The number of ether oxygens (including phenoxy) is 1. The van der Waals surface area contributed by atoms with Crippen LogP contribution in [0.25, 0.3) is 0 Å². The standard InChI is InChI=1S/C27H32F3N5O/c28-27(29,30)20-11-14-23(36-21-12-9-19(10-13-21)18-7-3-1-4-8-18)22(17-20)35-25(32)33-24(31)34-26(35)15-5-2-6-16-26/h9-14,17-18H,1-8,15-16H2,(H4,31,32,33,34). The molecule has 192 valence electrons. The summed E-state index contributed by atoms with van der Waals surface area (Å²) in [6.07, 6.45) is 5.55. The van der Waals surface area contributed by atoms with Gasteiger partial charge in [-0.25, -0.2) is 4.99 Å². The van der Waals surface area contributed by atoms with Gasteiger partial charge in [-0.05, 0) is 80.3 Å². The lowest BCUT2D eigenvalue weighted by Crippen LogP contribution is -2.58. The lowest BCUT2D eigenvalue weighted by atomic mass is 9.84. The molecule has 1 aliphatic heterocycles. The molecule has 2 saturated carbocycles. The van der Waals surface area contributed by atoms with Gasteiger partial charge in [-0.1, -0.05) is 37.8 Å². The average Bonchev–Trinajstić information content (AvgIpc) is 2.85. The number of hydrogen-bond donors (Lipinski definition) is 2. The zero-order valence-corrected chi connectivity index (χ0v) is 20.2. The molecule has 6 nitrogen and oxygen atoms in total. The van der Waals surface area contributed by atoms with E-state index in [1.807, 2.05) is 12.1 Å². The number of halogens is 3. The van der Waals surface area contributed by atoms with Gasteiger partial charge >= 0.3 is 6.18 Å². The SMILES string of the molecule is NC1=NC2(CCCCC2)N(c2cc(C(F)(F)F)ccc2Oc2ccc(C3CCCCC3)cc2)C(N)=N1. The smallest absolute Gasteiger partial charge is 0.416 e. The van der Waals surface area contributed by atoms with Crippen LogP contribution in [0.3, 0.4) is 0 Å². The second-order valence-electron chi connectivity index (χ2n) is 10.0. The highest BCUT2D eigenvalue weighted by atomic mass is 19.4. The molecule has 0 atom stereocenters. The minimum Gasteiger partial charge on any atom is -0.455 e. The molecule has 0 amide bonds. The number of aliphatic imine (C=N–C) groups is 2. The fourth-order valence-electron chi connectivity index (χ4n) is 5.80. The summed E-state index contributed by atoms with van der Waals surface area (Å²) in [4.78, 5) is 10.3. The minimum atomic E-state index is -4.53. The topological polar surface area (TPSA) is 89.2 Å². The number of guanidine groups is 2. The number of nitrogens with zero attached hydrogens (tertiary/aromatic N) is 3. The lowest BCUT2D eigenvalue weighted by molar-refractivity contribution is -0.137. The molecule has 2 aromatic rings. The van der Waals surface area contributed by atoms with Crippen molar-refractivity contribution in [3.63, 3.8) is 0 Å². The van der Waals surface area contributed by atoms with Crippen LogP contribution >= 0.6 is 0 Å². The Morgan fingerprint density at radius 3 is 2.22 bits per heavy atom. The molecule has 1 heterocycles. The van der Waals surface area contributed by atoms with E-state index in [0.717, 1.165) is 31.4 Å². The molecule has 0 unspecified atom stereocenters.